The van der Waals surface area contributed by atoms with Crippen LogP contribution in [0.15, 0.2) is 58.8 Å². The molecular formula is C13H11N3O3. The summed E-state index contributed by atoms with van der Waals surface area (Å²) >= 11 is 0. The molecule has 0 aromatic heterocycles. The fourth-order valence-corrected chi connectivity index (χ4v) is 1.50. The maximum absolute atomic E-state index is 10.8. The first-order valence-corrected chi connectivity index (χ1v) is 5.55. The van der Waals surface area contributed by atoms with Crippen LogP contribution in [0.4, 0.5) is 11.4 Å². The van der Waals surface area contributed by atoms with Gasteiger partial charge in [0.25, 0.3) is 5.69 Å². The largest absolute Gasteiger partial charge is 0.508 e. The molecular weight excluding hydrogens is 246 g/mol. The van der Waals surface area contributed by atoms with Crippen molar-refractivity contribution in [3.05, 3.63) is 64.2 Å². The molecule has 6 nitrogen and oxygen atoms in total. The van der Waals surface area contributed by atoms with E-state index in [1.54, 1.807) is 42.5 Å². The number of rotatable bonds is 4. The van der Waals surface area contributed by atoms with Crippen LogP contribution in [-0.2, 0) is 6.54 Å². The average molecular weight is 257 g/mol. The molecule has 0 saturated heterocycles. The van der Waals surface area contributed by atoms with Crippen LogP contribution in [0.2, 0.25) is 0 Å². The van der Waals surface area contributed by atoms with Crippen molar-refractivity contribution in [1.82, 2.24) is 0 Å². The molecule has 0 heterocycles. The second-order valence-corrected chi connectivity index (χ2v) is 3.81. The zero-order chi connectivity index (χ0) is 13.7. The van der Waals surface area contributed by atoms with Gasteiger partial charge in [-0.15, -0.1) is 5.11 Å². The molecule has 2 rings (SSSR count). The van der Waals surface area contributed by atoms with Gasteiger partial charge in [-0.2, -0.15) is 5.11 Å². The molecule has 0 fully saturated rings. The van der Waals surface area contributed by atoms with Crippen LogP contribution in [0, 0.1) is 10.1 Å². The minimum absolute atomic E-state index is 0.0723. The van der Waals surface area contributed by atoms with E-state index in [1.165, 1.54) is 6.07 Å². The number of azo groups is 1. The fraction of sp³-hybridized carbons (Fsp3) is 0.0769. The van der Waals surface area contributed by atoms with Gasteiger partial charge in [-0.05, 0) is 23.8 Å². The molecule has 6 heteroatoms. The van der Waals surface area contributed by atoms with E-state index in [1.807, 2.05) is 0 Å². The van der Waals surface area contributed by atoms with E-state index in [9.17, 15) is 10.1 Å². The van der Waals surface area contributed by atoms with E-state index < -0.39 is 4.92 Å². The Morgan fingerprint density at radius 3 is 2.47 bits per heavy atom. The predicted octanol–water partition coefficient (Wildman–Crippen LogP) is 3.58. The molecule has 0 amide bonds. The summed E-state index contributed by atoms with van der Waals surface area (Å²) in [6.07, 6.45) is 0. The van der Waals surface area contributed by atoms with Crippen LogP contribution >= 0.6 is 0 Å². The van der Waals surface area contributed by atoms with E-state index in [-0.39, 0.29) is 17.1 Å². The number of phenolic OH excluding ortho intramolecular Hbond substituents is 1. The van der Waals surface area contributed by atoms with Crippen molar-refractivity contribution in [2.45, 2.75) is 6.54 Å². The van der Waals surface area contributed by atoms with Crippen LogP contribution in [0.3, 0.4) is 0 Å². The highest BCUT2D eigenvalue weighted by molar-refractivity contribution is 5.56. The molecule has 0 aliphatic carbocycles. The van der Waals surface area contributed by atoms with E-state index in [0.29, 0.717) is 6.54 Å². The number of hydrogen-bond acceptors (Lipinski definition) is 5. The molecule has 0 unspecified atom stereocenters. The standard InChI is InChI=1S/C13H11N3O3/c17-11-7-5-10(6-8-11)9-14-15-12-3-1-2-4-13(12)16(18)19/h1-8,17H,9H2. The zero-order valence-electron chi connectivity index (χ0n) is 9.93. The summed E-state index contributed by atoms with van der Waals surface area (Å²) in [5.41, 5.74) is 1.02. The quantitative estimate of drug-likeness (QED) is 0.515. The number of phenols is 1. The summed E-state index contributed by atoms with van der Waals surface area (Å²) < 4.78 is 0. The van der Waals surface area contributed by atoms with Crippen molar-refractivity contribution in [3.8, 4) is 5.75 Å². The molecule has 96 valence electrons. The number of aromatic hydroxyl groups is 1. The van der Waals surface area contributed by atoms with E-state index in [4.69, 9.17) is 5.11 Å². The van der Waals surface area contributed by atoms with Crippen molar-refractivity contribution in [2.24, 2.45) is 10.2 Å². The minimum atomic E-state index is -0.491. The first-order chi connectivity index (χ1) is 9.16. The topological polar surface area (TPSA) is 88.1 Å². The summed E-state index contributed by atoms with van der Waals surface area (Å²) in [6, 6.07) is 12.7. The Balaban J connectivity index is 2.11. The van der Waals surface area contributed by atoms with Gasteiger partial charge in [-0.25, -0.2) is 0 Å². The Labute approximate surface area is 109 Å². The van der Waals surface area contributed by atoms with Crippen molar-refractivity contribution in [3.63, 3.8) is 0 Å². The zero-order valence-corrected chi connectivity index (χ0v) is 9.93. The predicted molar refractivity (Wildman–Crippen MR) is 69.4 cm³/mol. The first-order valence-electron chi connectivity index (χ1n) is 5.55. The molecule has 0 bridgehead atoms. The van der Waals surface area contributed by atoms with Crippen LogP contribution in [0.25, 0.3) is 0 Å². The smallest absolute Gasteiger partial charge is 0.296 e. The summed E-state index contributed by atoms with van der Waals surface area (Å²) in [6.45, 7) is 0.298. The summed E-state index contributed by atoms with van der Waals surface area (Å²) in [5.74, 6) is 0.180. The second-order valence-electron chi connectivity index (χ2n) is 3.81. The molecule has 0 aliphatic heterocycles. The minimum Gasteiger partial charge on any atom is -0.508 e. The Hall–Kier alpha value is -2.76. The van der Waals surface area contributed by atoms with E-state index >= 15 is 0 Å². The molecule has 1 N–H and O–H groups in total. The molecule has 0 atom stereocenters. The van der Waals surface area contributed by atoms with Gasteiger partial charge in [0, 0.05) is 6.07 Å². The van der Waals surface area contributed by atoms with Crippen LogP contribution in [0.5, 0.6) is 5.75 Å². The molecule has 0 spiro atoms. The van der Waals surface area contributed by atoms with Gasteiger partial charge in [-0.3, -0.25) is 10.1 Å². The lowest BCUT2D eigenvalue weighted by molar-refractivity contribution is -0.384. The van der Waals surface area contributed by atoms with Gasteiger partial charge in [0.05, 0.1) is 11.5 Å². The van der Waals surface area contributed by atoms with Gasteiger partial charge >= 0.3 is 0 Å². The summed E-state index contributed by atoms with van der Waals surface area (Å²) in [7, 11) is 0. The van der Waals surface area contributed by atoms with Gasteiger partial charge < -0.3 is 5.11 Å². The fourth-order valence-electron chi connectivity index (χ4n) is 1.50. The van der Waals surface area contributed by atoms with Crippen LogP contribution in [-0.4, -0.2) is 10.0 Å². The van der Waals surface area contributed by atoms with Gasteiger partial charge in [0.2, 0.25) is 0 Å². The molecule has 19 heavy (non-hydrogen) atoms. The number of nitrogens with zero attached hydrogens (tertiary/aromatic N) is 3. The Bertz CT molecular complexity index is 609. The Morgan fingerprint density at radius 2 is 1.79 bits per heavy atom. The highest BCUT2D eigenvalue weighted by Gasteiger charge is 2.11. The third-order valence-corrected chi connectivity index (χ3v) is 2.45. The summed E-state index contributed by atoms with van der Waals surface area (Å²) in [5, 5.41) is 27.7. The van der Waals surface area contributed by atoms with Crippen molar-refractivity contribution in [2.75, 3.05) is 0 Å². The molecule has 0 saturated carbocycles. The Morgan fingerprint density at radius 1 is 1.11 bits per heavy atom. The summed E-state index contributed by atoms with van der Waals surface area (Å²) in [4.78, 5) is 10.3. The normalized spacial score (nSPS) is 10.7. The monoisotopic (exact) mass is 257 g/mol. The average Bonchev–Trinajstić information content (AvgIpc) is 2.41. The third kappa shape index (κ3) is 3.35. The number of para-hydroxylation sites is 1. The first kappa shape index (κ1) is 12.7. The van der Waals surface area contributed by atoms with Crippen molar-refractivity contribution < 1.29 is 10.0 Å². The van der Waals surface area contributed by atoms with E-state index in [0.717, 1.165) is 5.56 Å². The lowest BCUT2D eigenvalue weighted by Crippen LogP contribution is -1.87. The van der Waals surface area contributed by atoms with Crippen molar-refractivity contribution in [1.29, 1.82) is 0 Å². The van der Waals surface area contributed by atoms with E-state index in [2.05, 4.69) is 10.2 Å². The second kappa shape index (κ2) is 5.72. The Kier molecular flexibility index (Phi) is 3.82. The lowest BCUT2D eigenvalue weighted by atomic mass is 10.2. The lowest BCUT2D eigenvalue weighted by Gasteiger charge is -1.97. The van der Waals surface area contributed by atoms with Gasteiger partial charge in [0.1, 0.15) is 5.75 Å². The van der Waals surface area contributed by atoms with Gasteiger partial charge in [0.15, 0.2) is 5.69 Å². The van der Waals surface area contributed by atoms with Crippen molar-refractivity contribution >= 4 is 11.4 Å². The number of benzene rings is 2. The van der Waals surface area contributed by atoms with Crippen LogP contribution in [0.1, 0.15) is 5.56 Å². The third-order valence-electron chi connectivity index (χ3n) is 2.45. The molecule has 2 aromatic rings. The van der Waals surface area contributed by atoms with Gasteiger partial charge in [-0.1, -0.05) is 24.3 Å². The number of nitro benzene ring substituents is 1. The molecule has 2 aromatic carbocycles. The molecule has 0 radical (unpaired) electrons. The highest BCUT2D eigenvalue weighted by Crippen LogP contribution is 2.26. The number of nitro groups is 1. The van der Waals surface area contributed by atoms with Crippen LogP contribution < -0.4 is 0 Å². The maximum atomic E-state index is 10.8. The highest BCUT2D eigenvalue weighted by atomic mass is 16.6. The number of hydrogen-bond donors (Lipinski definition) is 1. The molecule has 0 aliphatic rings. The SMILES string of the molecule is O=[N+]([O-])c1ccccc1N=NCc1ccc(O)cc1. The maximum Gasteiger partial charge on any atom is 0.296 e.